The summed E-state index contributed by atoms with van der Waals surface area (Å²) < 4.78 is 71.7. The third kappa shape index (κ3) is 15.2. The maximum Gasteiger partial charge on any atom is 0.283 e. The number of nitrogens with two attached hydrogens (primary N) is 1. The van der Waals surface area contributed by atoms with Gasteiger partial charge < -0.3 is 84.1 Å². The van der Waals surface area contributed by atoms with Crippen LogP contribution in [0.3, 0.4) is 0 Å². The molecule has 0 spiro atoms. The predicted octanol–water partition coefficient (Wildman–Crippen LogP) is 4.47. The largest absolute Gasteiger partial charge is 0.780 e. The third-order valence-corrected chi connectivity index (χ3v) is 28.6. The molecule has 23 nitrogen and oxygen atoms in total. The van der Waals surface area contributed by atoms with Crippen molar-refractivity contribution >= 4 is 88.2 Å². The van der Waals surface area contributed by atoms with Gasteiger partial charge in [-0.15, -0.1) is 0 Å². The van der Waals surface area contributed by atoms with Gasteiger partial charge in [-0.2, -0.15) is 4.98 Å². The van der Waals surface area contributed by atoms with Gasteiger partial charge in [0.05, 0.1) is 77.3 Å². The number of hydrogen-bond acceptors (Lipinski definition) is 20. The minimum absolute atomic E-state index is 0.00677. The lowest BCUT2D eigenvalue weighted by atomic mass is 10.1. The van der Waals surface area contributed by atoms with E-state index in [-0.39, 0.29) is 40.3 Å². The Bertz CT molecular complexity index is 2800. The van der Waals surface area contributed by atoms with Crippen LogP contribution >= 0.6 is 13.5 Å². The maximum atomic E-state index is 14.7. The van der Waals surface area contributed by atoms with Crippen molar-refractivity contribution in [2.45, 2.75) is 188 Å². The molecule has 29 heteroatoms. The number of aliphatic hydroxyl groups excluding tert-OH is 1. The van der Waals surface area contributed by atoms with Gasteiger partial charge >= 0.3 is 0 Å². The van der Waals surface area contributed by atoms with Crippen LogP contribution in [0.4, 0.5) is 11.8 Å². The Kier molecular flexibility index (Phi) is 22.3. The van der Waals surface area contributed by atoms with Gasteiger partial charge in [-0.05, 0) is 96.2 Å². The summed E-state index contributed by atoms with van der Waals surface area (Å²) >= 11 is 11.4. The van der Waals surface area contributed by atoms with Crippen LogP contribution in [0, 0.1) is 0 Å². The van der Waals surface area contributed by atoms with Crippen molar-refractivity contribution < 1.29 is 60.8 Å². The van der Waals surface area contributed by atoms with Crippen LogP contribution < -0.4 is 31.3 Å². The molecule has 6 N–H and O–H groups in total. The van der Waals surface area contributed by atoms with Gasteiger partial charge in [-0.25, -0.2) is 15.0 Å². The van der Waals surface area contributed by atoms with Crippen LogP contribution in [0.5, 0.6) is 0 Å². The smallest absolute Gasteiger partial charge is 0.283 e. The lowest BCUT2D eigenvalue weighted by molar-refractivity contribution is -0.894. The molecular weight excluding hydrogens is 1130 g/mol. The number of nitrogen functional groups attached to an aromatic ring is 1. The Labute approximate surface area is 479 Å². The van der Waals surface area contributed by atoms with Crippen LogP contribution in [0.1, 0.15) is 108 Å². The molecule has 4 aromatic heterocycles. The zero-order chi connectivity index (χ0) is 58.6. The summed E-state index contributed by atoms with van der Waals surface area (Å²) in [6, 6.07) is 0. The van der Waals surface area contributed by atoms with E-state index in [4.69, 9.17) is 66.2 Å². The van der Waals surface area contributed by atoms with Crippen molar-refractivity contribution in [2.75, 3.05) is 76.7 Å². The Morgan fingerprint density at radius 1 is 0.835 bits per heavy atom. The lowest BCUT2D eigenvalue weighted by Crippen LogP contribution is -3.11. The first-order valence-corrected chi connectivity index (χ1v) is 38.9. The molecule has 3 saturated heterocycles. The molecule has 10 atom stereocenters. The highest BCUT2D eigenvalue weighted by molar-refractivity contribution is 8.32. The molecule has 79 heavy (non-hydrogen) atoms. The van der Waals surface area contributed by atoms with Gasteiger partial charge in [0.25, 0.3) is 5.56 Å². The molecule has 0 radical (unpaired) electrons. The number of nitrogens with one attached hydrogen (secondary N) is 3. The van der Waals surface area contributed by atoms with Crippen molar-refractivity contribution in [3.8, 4) is 0 Å². The molecule has 0 saturated carbocycles. The van der Waals surface area contributed by atoms with E-state index in [2.05, 4.69) is 101 Å². The number of aromatic nitrogens is 7. The first-order chi connectivity index (χ1) is 36.9. The second-order valence-electron chi connectivity index (χ2n) is 23.6. The molecular formula is C50H91N11O12P2S2Si2. The summed E-state index contributed by atoms with van der Waals surface area (Å²) in [6.45, 7) is 31.9. The minimum Gasteiger partial charge on any atom is -0.780 e. The molecule has 0 amide bonds. The highest BCUT2D eigenvalue weighted by atomic mass is 32.7. The first kappa shape index (κ1) is 65.9. The number of quaternary nitrogens is 2. The van der Waals surface area contributed by atoms with E-state index in [1.807, 2.05) is 44.6 Å². The Balaban J connectivity index is 0.000000637. The quantitative estimate of drug-likeness (QED) is 0.0663. The number of fused-ring (bicyclic) bond motifs is 4. The topological polar surface area (TPSA) is 265 Å². The molecule has 3 fully saturated rings. The standard InChI is InChI=1S/C38H61N9O12P2S2Si2.2C6H15N/c1-37(2,3)64(7,8)58-27-23-18-53-60(50,62)56-26-22(17-52-61(51,63)57-28(27)34(55-23)47-20-43-25-32(47)44-36(39)45(14-15-48)33(25)49)54-35(29(26)59-65(9,10)38(4,5)6)46-16-21-12-11-13-40-30-24(21)31(46)42-19-41-30;2*1-4-7(5-2)6-3/h16,19-20,22-23,26-29,34-35,48H,11-15,17-18H2,1-10H3,(H2,39,44)(H,50,62)(H,51,63)(H,40,41,42);2*4-6H2,1-3H3/t22-,23-,26-,27-,28-,29-,34-,35-,60?,61?;;/m1../s1. The molecule has 2 bridgehead atoms. The van der Waals surface area contributed by atoms with E-state index in [9.17, 15) is 19.4 Å². The highest BCUT2D eigenvalue weighted by Crippen LogP contribution is 2.56. The van der Waals surface area contributed by atoms with Gasteiger partial charge in [0.15, 0.2) is 40.3 Å². The Hall–Kier alpha value is -2.25. The second-order valence-corrected chi connectivity index (χ2v) is 38.5. The number of ether oxygens (including phenoxy) is 2. The van der Waals surface area contributed by atoms with E-state index >= 15 is 0 Å². The van der Waals surface area contributed by atoms with Crippen molar-refractivity contribution in [1.82, 2.24) is 33.6 Å². The van der Waals surface area contributed by atoms with Crippen LogP contribution in [0.2, 0.25) is 36.3 Å². The number of hydrogen-bond donors (Lipinski definition) is 5. The SMILES string of the molecule is CC(C)(C)[Si](C)(C)O[C@@H]1[C@@H]2OP([O-])(=S)OC[C@H]3O[C@@H](n4cnc5c(=O)n(CCO)c(N)nc54)[C@H](OP(=O)([S-])OC[C@H]2O[C@H]1n1cc2c4c(ncnc41)NCCC2)[C@@H]3O[Si](C)(C)C(C)(C)C.CC[NH+](CC)CC.CC[NH+](CC)CC. The van der Waals surface area contributed by atoms with E-state index in [0.717, 1.165) is 34.9 Å². The van der Waals surface area contributed by atoms with Crippen molar-refractivity contribution in [3.05, 3.63) is 34.8 Å². The Morgan fingerprint density at radius 2 is 1.41 bits per heavy atom. The second kappa shape index (κ2) is 26.8. The summed E-state index contributed by atoms with van der Waals surface area (Å²) in [5.41, 5.74) is 7.12. The zero-order valence-electron chi connectivity index (χ0n) is 49.4. The van der Waals surface area contributed by atoms with E-state index < -0.39 is 98.0 Å². The average Bonchev–Trinajstić information content (AvgIpc) is 4.13. The molecule has 448 valence electrons. The number of imidazole rings is 1. The van der Waals surface area contributed by atoms with Gasteiger partial charge in [-0.3, -0.25) is 18.5 Å². The van der Waals surface area contributed by atoms with Crippen molar-refractivity contribution in [2.24, 2.45) is 0 Å². The maximum absolute atomic E-state index is 14.7. The zero-order valence-corrected chi connectivity index (χ0v) is 54.8. The minimum atomic E-state index is -4.55. The van der Waals surface area contributed by atoms with Gasteiger partial charge in [-0.1, -0.05) is 53.3 Å². The highest BCUT2D eigenvalue weighted by Gasteiger charge is 2.56. The van der Waals surface area contributed by atoms with Crippen LogP contribution in [-0.4, -0.2) is 158 Å². The molecule has 8 heterocycles. The monoisotopic (exact) mass is 1220 g/mol. The molecule has 4 aliphatic rings. The van der Waals surface area contributed by atoms with E-state index in [1.165, 1.54) is 56.5 Å². The summed E-state index contributed by atoms with van der Waals surface area (Å²) in [4.78, 5) is 49.5. The van der Waals surface area contributed by atoms with Gasteiger partial charge in [0.1, 0.15) is 61.1 Å². The number of nitrogens with zero attached hydrogens (tertiary/aromatic N) is 7. The normalized spacial score (nSPS) is 28.0. The fraction of sp³-hybridized carbons (Fsp3) is 0.780. The number of rotatable bonds is 14. The molecule has 8 rings (SSSR count). The fourth-order valence-electron chi connectivity index (χ4n) is 9.55. The number of aliphatic hydroxyl groups is 1. The van der Waals surface area contributed by atoms with Crippen LogP contribution in [0.25, 0.3) is 22.2 Å². The number of aryl methyl sites for hydroxylation is 1. The van der Waals surface area contributed by atoms with Crippen molar-refractivity contribution in [3.63, 3.8) is 0 Å². The van der Waals surface area contributed by atoms with Gasteiger partial charge in [0, 0.05) is 12.7 Å². The molecule has 2 unspecified atom stereocenters. The fourth-order valence-corrected chi connectivity index (χ4v) is 15.0. The average molecular weight is 1220 g/mol. The first-order valence-electron chi connectivity index (χ1n) is 28.0. The lowest BCUT2D eigenvalue weighted by Gasteiger charge is -2.42. The summed E-state index contributed by atoms with van der Waals surface area (Å²) in [5, 5.41) is 13.2. The van der Waals surface area contributed by atoms with Crippen LogP contribution in [0.15, 0.2) is 23.6 Å². The van der Waals surface area contributed by atoms with E-state index in [1.54, 1.807) is 9.80 Å². The molecule has 4 aromatic rings. The summed E-state index contributed by atoms with van der Waals surface area (Å²) in [6.07, 6.45) is -2.64. The Morgan fingerprint density at radius 3 is 1.96 bits per heavy atom. The molecule has 0 aliphatic carbocycles. The summed E-state index contributed by atoms with van der Waals surface area (Å²) in [7, 11) is -5.43. The number of anilines is 2. The summed E-state index contributed by atoms with van der Waals surface area (Å²) in [5.74, 6) is 0.507. The van der Waals surface area contributed by atoms with Gasteiger partial charge in [0.2, 0.25) is 12.7 Å². The van der Waals surface area contributed by atoms with E-state index in [0.29, 0.717) is 11.5 Å². The third-order valence-electron chi connectivity index (χ3n) is 16.5. The van der Waals surface area contributed by atoms with Crippen molar-refractivity contribution in [1.29, 1.82) is 0 Å². The predicted molar refractivity (Wildman–Crippen MR) is 316 cm³/mol. The molecule has 4 aliphatic heterocycles. The van der Waals surface area contributed by atoms with Crippen LogP contribution in [-0.2, 0) is 78.0 Å². The molecule has 0 aromatic carbocycles.